The molecule has 14 heavy (non-hydrogen) atoms. The minimum atomic E-state index is -4.19. The number of halogens is 3. The van der Waals surface area contributed by atoms with E-state index in [0.29, 0.717) is 18.1 Å². The molecule has 0 fully saturated rings. The molecule has 0 aliphatic carbocycles. The minimum Gasteiger partial charge on any atom is -0.302 e. The van der Waals surface area contributed by atoms with Gasteiger partial charge in [-0.15, -0.1) is 0 Å². The number of hydrogen-bond donors (Lipinski definition) is 2. The Morgan fingerprint density at radius 2 is 2.14 bits per heavy atom. The van der Waals surface area contributed by atoms with Crippen LogP contribution in [0.2, 0.25) is 0 Å². The number of alkyl halides is 3. The first-order valence-electron chi connectivity index (χ1n) is 4.19. The fourth-order valence-corrected chi connectivity index (χ4v) is 0.895. The molecule has 1 heterocycles. The maximum absolute atomic E-state index is 11.7. The van der Waals surface area contributed by atoms with Gasteiger partial charge in [-0.3, -0.25) is 5.10 Å². The lowest BCUT2D eigenvalue weighted by Gasteiger charge is -2.05. The van der Waals surface area contributed by atoms with Gasteiger partial charge in [0.25, 0.3) is 0 Å². The molecule has 0 amide bonds. The molecule has 0 unspecified atom stereocenters. The summed E-state index contributed by atoms with van der Waals surface area (Å²) in [7, 11) is 0. The monoisotopic (exact) mass is 208 g/mol. The highest BCUT2D eigenvalue weighted by atomic mass is 19.4. The van der Waals surface area contributed by atoms with Crippen LogP contribution in [0.15, 0.2) is 0 Å². The summed E-state index contributed by atoms with van der Waals surface area (Å²) in [6.07, 6.45) is -3.52. The average molecular weight is 208 g/mol. The summed E-state index contributed by atoms with van der Waals surface area (Å²) in [5, 5.41) is 8.56. The zero-order valence-corrected chi connectivity index (χ0v) is 7.65. The van der Waals surface area contributed by atoms with Crippen LogP contribution in [0.4, 0.5) is 13.2 Å². The topological polar surface area (TPSA) is 53.6 Å². The molecular formula is C7H11F3N4. The first kappa shape index (κ1) is 11.0. The number of nitrogens with zero attached hydrogens (tertiary/aromatic N) is 2. The molecular weight excluding hydrogens is 197 g/mol. The molecule has 4 nitrogen and oxygen atoms in total. The largest absolute Gasteiger partial charge is 0.401 e. The third-order valence-electron chi connectivity index (χ3n) is 1.51. The van der Waals surface area contributed by atoms with E-state index < -0.39 is 12.7 Å². The Morgan fingerprint density at radius 1 is 1.43 bits per heavy atom. The Labute approximate surface area is 78.9 Å². The summed E-state index contributed by atoms with van der Waals surface area (Å²) in [5.74, 6) is 1.03. The molecule has 0 spiro atoms. The van der Waals surface area contributed by atoms with E-state index in [1.807, 2.05) is 6.92 Å². The van der Waals surface area contributed by atoms with Crippen LogP contribution in [0.1, 0.15) is 18.6 Å². The van der Waals surface area contributed by atoms with Gasteiger partial charge in [-0.2, -0.15) is 18.3 Å². The second-order valence-corrected chi connectivity index (χ2v) is 2.77. The van der Waals surface area contributed by atoms with Gasteiger partial charge in [-0.05, 0) is 0 Å². The summed E-state index contributed by atoms with van der Waals surface area (Å²) in [5.41, 5.74) is 0. The van der Waals surface area contributed by atoms with Crippen molar-refractivity contribution < 1.29 is 13.2 Å². The standard InChI is InChI=1S/C7H11F3N4/c1-2-5-12-6(14-13-5)3-11-4-7(8,9)10/h11H,2-4H2,1H3,(H,12,13,14). The second-order valence-electron chi connectivity index (χ2n) is 2.77. The van der Waals surface area contributed by atoms with Gasteiger partial charge in [0.1, 0.15) is 11.6 Å². The van der Waals surface area contributed by atoms with Crippen molar-refractivity contribution in [3.63, 3.8) is 0 Å². The molecule has 7 heteroatoms. The first-order valence-corrected chi connectivity index (χ1v) is 4.19. The van der Waals surface area contributed by atoms with Crippen LogP contribution in [-0.4, -0.2) is 27.9 Å². The van der Waals surface area contributed by atoms with E-state index in [2.05, 4.69) is 20.5 Å². The summed E-state index contributed by atoms with van der Waals surface area (Å²) < 4.78 is 35.2. The van der Waals surface area contributed by atoms with E-state index >= 15 is 0 Å². The quantitative estimate of drug-likeness (QED) is 0.776. The summed E-state index contributed by atoms with van der Waals surface area (Å²) in [6, 6.07) is 0. The molecule has 1 aromatic heterocycles. The van der Waals surface area contributed by atoms with E-state index in [0.717, 1.165) is 0 Å². The van der Waals surface area contributed by atoms with Crippen LogP contribution in [-0.2, 0) is 13.0 Å². The molecule has 1 aromatic rings. The third-order valence-corrected chi connectivity index (χ3v) is 1.51. The number of aromatic nitrogens is 3. The molecule has 0 aliphatic rings. The zero-order valence-electron chi connectivity index (χ0n) is 7.65. The van der Waals surface area contributed by atoms with Gasteiger partial charge in [0.05, 0.1) is 13.1 Å². The summed E-state index contributed by atoms with van der Waals surface area (Å²) in [4.78, 5) is 3.95. The highest BCUT2D eigenvalue weighted by Crippen LogP contribution is 2.12. The average Bonchev–Trinajstić information content (AvgIpc) is 2.50. The number of H-pyrrole nitrogens is 1. The number of aryl methyl sites for hydroxylation is 1. The van der Waals surface area contributed by atoms with Crippen molar-refractivity contribution in [2.75, 3.05) is 6.54 Å². The Kier molecular flexibility index (Phi) is 3.45. The molecule has 0 aliphatic heterocycles. The van der Waals surface area contributed by atoms with Gasteiger partial charge >= 0.3 is 6.18 Å². The highest BCUT2D eigenvalue weighted by Gasteiger charge is 2.26. The minimum absolute atomic E-state index is 0.0481. The Balaban J connectivity index is 2.31. The fraction of sp³-hybridized carbons (Fsp3) is 0.714. The lowest BCUT2D eigenvalue weighted by atomic mass is 10.5. The number of hydrogen-bond acceptors (Lipinski definition) is 3. The van der Waals surface area contributed by atoms with Crippen molar-refractivity contribution in [2.24, 2.45) is 0 Å². The summed E-state index contributed by atoms with van der Waals surface area (Å²) in [6.45, 7) is 0.901. The van der Waals surface area contributed by atoms with Gasteiger partial charge in [0.15, 0.2) is 0 Å². The SMILES string of the molecule is CCc1n[nH]c(CNCC(F)(F)F)n1. The molecule has 1 rings (SSSR count). The van der Waals surface area contributed by atoms with Crippen molar-refractivity contribution in [2.45, 2.75) is 26.1 Å². The van der Waals surface area contributed by atoms with Crippen LogP contribution in [0.3, 0.4) is 0 Å². The van der Waals surface area contributed by atoms with Crippen LogP contribution in [0, 0.1) is 0 Å². The molecule has 2 N–H and O–H groups in total. The van der Waals surface area contributed by atoms with Crippen LogP contribution in [0.25, 0.3) is 0 Å². The van der Waals surface area contributed by atoms with E-state index in [1.54, 1.807) is 0 Å². The highest BCUT2D eigenvalue weighted by molar-refractivity contribution is 4.89. The van der Waals surface area contributed by atoms with Crippen molar-refractivity contribution in [3.05, 3.63) is 11.6 Å². The molecule has 80 valence electrons. The van der Waals surface area contributed by atoms with E-state index in [-0.39, 0.29) is 6.54 Å². The normalized spacial score (nSPS) is 12.0. The molecule has 0 radical (unpaired) electrons. The Hall–Kier alpha value is -1.11. The number of aromatic amines is 1. The third kappa shape index (κ3) is 3.73. The molecule has 0 saturated heterocycles. The molecule has 0 atom stereocenters. The maximum atomic E-state index is 11.7. The second kappa shape index (κ2) is 4.41. The smallest absolute Gasteiger partial charge is 0.302 e. The van der Waals surface area contributed by atoms with Crippen molar-refractivity contribution in [3.8, 4) is 0 Å². The summed E-state index contributed by atoms with van der Waals surface area (Å²) >= 11 is 0. The van der Waals surface area contributed by atoms with E-state index in [4.69, 9.17) is 0 Å². The van der Waals surface area contributed by atoms with Crippen molar-refractivity contribution >= 4 is 0 Å². The zero-order chi connectivity index (χ0) is 10.6. The van der Waals surface area contributed by atoms with Crippen molar-refractivity contribution in [1.29, 1.82) is 0 Å². The first-order chi connectivity index (χ1) is 6.51. The predicted molar refractivity (Wildman–Crippen MR) is 43.5 cm³/mol. The lowest BCUT2D eigenvalue weighted by Crippen LogP contribution is -2.28. The van der Waals surface area contributed by atoms with Gasteiger partial charge in [0, 0.05) is 6.42 Å². The van der Waals surface area contributed by atoms with E-state index in [1.165, 1.54) is 0 Å². The van der Waals surface area contributed by atoms with Crippen LogP contribution >= 0.6 is 0 Å². The number of nitrogens with one attached hydrogen (secondary N) is 2. The molecule has 0 aromatic carbocycles. The number of rotatable bonds is 4. The lowest BCUT2D eigenvalue weighted by molar-refractivity contribution is -0.125. The molecule has 0 bridgehead atoms. The van der Waals surface area contributed by atoms with Crippen molar-refractivity contribution in [1.82, 2.24) is 20.5 Å². The Bertz CT molecular complexity index is 281. The van der Waals surface area contributed by atoms with Gasteiger partial charge in [-0.25, -0.2) is 4.98 Å². The fourth-order valence-electron chi connectivity index (χ4n) is 0.895. The van der Waals surface area contributed by atoms with Gasteiger partial charge < -0.3 is 5.32 Å². The van der Waals surface area contributed by atoms with Crippen LogP contribution < -0.4 is 5.32 Å². The molecule has 0 saturated carbocycles. The van der Waals surface area contributed by atoms with Gasteiger partial charge in [0.2, 0.25) is 0 Å². The Morgan fingerprint density at radius 3 is 2.64 bits per heavy atom. The van der Waals surface area contributed by atoms with E-state index in [9.17, 15) is 13.2 Å². The van der Waals surface area contributed by atoms with Gasteiger partial charge in [-0.1, -0.05) is 6.92 Å². The predicted octanol–water partition coefficient (Wildman–Crippen LogP) is 1.02. The maximum Gasteiger partial charge on any atom is 0.401 e. The van der Waals surface area contributed by atoms with Crippen LogP contribution in [0.5, 0.6) is 0 Å².